The number of nitrogens with zero attached hydrogens (tertiary/aromatic N) is 2. The predicted molar refractivity (Wildman–Crippen MR) is 107 cm³/mol. The Labute approximate surface area is 160 Å². The third-order valence-electron chi connectivity index (χ3n) is 5.76. The Bertz CT molecular complexity index is 984. The first kappa shape index (κ1) is 22.7. The molecule has 0 spiro atoms. The first-order valence-corrected chi connectivity index (χ1v) is 9.16. The van der Waals surface area contributed by atoms with Crippen LogP contribution < -0.4 is 21.7 Å². The van der Waals surface area contributed by atoms with E-state index in [-0.39, 0.29) is 30.9 Å². The first-order chi connectivity index (χ1) is 12.1. The summed E-state index contributed by atoms with van der Waals surface area (Å²) in [6.07, 6.45) is 7.74. The molecule has 1 N–H and O–H groups in total. The summed E-state index contributed by atoms with van der Waals surface area (Å²) in [4.78, 5) is 36.8. The summed E-state index contributed by atoms with van der Waals surface area (Å²) in [5, 5.41) is 3.96. The van der Waals surface area contributed by atoms with E-state index in [0.29, 0.717) is 12.3 Å². The van der Waals surface area contributed by atoms with Crippen molar-refractivity contribution in [2.45, 2.75) is 53.0 Å². The fraction of sp³-hybridized carbons (Fsp3) is 0.524. The molecule has 1 aliphatic carbocycles. The molecule has 7 heteroatoms. The van der Waals surface area contributed by atoms with Crippen LogP contribution in [0.3, 0.4) is 0 Å². The van der Waals surface area contributed by atoms with Gasteiger partial charge in [-0.1, -0.05) is 38.5 Å². The number of carbonyl (C=O) groups is 2. The minimum Gasteiger partial charge on any atom is -0.358 e. The summed E-state index contributed by atoms with van der Waals surface area (Å²) in [5.74, 6) is -0.316. The molecule has 6 nitrogen and oxygen atoms in total. The van der Waals surface area contributed by atoms with Gasteiger partial charge in [-0.3, -0.25) is 24.0 Å². The molecule has 1 radical (unpaired) electrons. The van der Waals surface area contributed by atoms with Crippen LogP contribution in [0.5, 0.6) is 0 Å². The van der Waals surface area contributed by atoms with Gasteiger partial charge in [-0.15, -0.1) is 0 Å². The number of nitrogens with one attached hydrogen (secondary N) is 1. The fourth-order valence-electron chi connectivity index (χ4n) is 3.78. The number of amides is 2. The third-order valence-corrected chi connectivity index (χ3v) is 5.76. The van der Waals surface area contributed by atoms with Gasteiger partial charge in [-0.05, 0) is 31.8 Å². The van der Waals surface area contributed by atoms with Gasteiger partial charge in [0, 0.05) is 18.9 Å². The second-order valence-corrected chi connectivity index (χ2v) is 8.01. The Kier molecular flexibility index (Phi) is 6.24. The molecule has 28 heavy (non-hydrogen) atoms. The van der Waals surface area contributed by atoms with E-state index in [2.05, 4.69) is 45.2 Å². The molecule has 3 rings (SSSR count). The maximum atomic E-state index is 13.0. The van der Waals surface area contributed by atoms with Crippen LogP contribution in [0, 0.1) is 18.8 Å². The normalized spacial score (nSPS) is 28.6. The number of imide groups is 1. The average Bonchev–Trinajstić information content (AvgIpc) is 2.76. The van der Waals surface area contributed by atoms with E-state index < -0.39 is 11.9 Å². The summed E-state index contributed by atoms with van der Waals surface area (Å²) in [5.41, 5.74) is 0.825. The summed E-state index contributed by atoms with van der Waals surface area (Å²) >= 11 is 0. The van der Waals surface area contributed by atoms with Crippen LogP contribution in [0.15, 0.2) is 16.4 Å². The number of aromatic nitrogens is 2. The quantitative estimate of drug-likeness (QED) is 0.302. The number of imidazole rings is 1. The zero-order chi connectivity index (χ0) is 19.2. The molecule has 0 aromatic carbocycles. The van der Waals surface area contributed by atoms with Crippen molar-refractivity contribution in [3.05, 3.63) is 40.3 Å². The monoisotopic (exact) mass is 634 g/mol. The van der Waals surface area contributed by atoms with Gasteiger partial charge in [0.1, 0.15) is 6.04 Å². The third kappa shape index (κ3) is 3.55. The SMILES string of the molecule is C/C1=C\C(C)(C(C)C)/C=c2\c(n(C3CCC(=O)NC3=O)c(=O)n2C)=C/C1.[CH3-].[Lr]. The first-order valence-electron chi connectivity index (χ1n) is 9.16. The van der Waals surface area contributed by atoms with Gasteiger partial charge in [0.2, 0.25) is 11.8 Å². The van der Waals surface area contributed by atoms with Gasteiger partial charge in [0.15, 0.2) is 0 Å². The van der Waals surface area contributed by atoms with Crippen molar-refractivity contribution in [2.24, 2.45) is 18.4 Å². The molecule has 1 fully saturated rings. The van der Waals surface area contributed by atoms with E-state index >= 15 is 0 Å². The van der Waals surface area contributed by atoms with E-state index in [4.69, 9.17) is 0 Å². The van der Waals surface area contributed by atoms with Gasteiger partial charge in [0.25, 0.3) is 0 Å². The smallest absolute Gasteiger partial charge is 0.329 e. The van der Waals surface area contributed by atoms with E-state index in [1.807, 2.05) is 6.08 Å². The molecule has 2 aliphatic rings. The molecular formula is C21H30LrN3O3-. The van der Waals surface area contributed by atoms with Crippen molar-refractivity contribution < 1.29 is 9.59 Å². The van der Waals surface area contributed by atoms with Crippen LogP contribution in [0.25, 0.3) is 12.2 Å². The zero-order valence-corrected chi connectivity index (χ0v) is 19.5. The Morgan fingerprint density at radius 1 is 1.18 bits per heavy atom. The molecule has 163 valence electrons. The molecule has 1 aliphatic heterocycles. The molecule has 2 heterocycles. The maximum absolute atomic E-state index is 13.0. The van der Waals surface area contributed by atoms with Gasteiger partial charge < -0.3 is 7.43 Å². The second kappa shape index (κ2) is 7.71. The Balaban J connectivity index is 0.00000196. The Morgan fingerprint density at radius 3 is 2.39 bits per heavy atom. The molecule has 0 bridgehead atoms. The van der Waals surface area contributed by atoms with E-state index in [1.54, 1.807) is 16.2 Å². The molecular weight excluding hydrogens is 604 g/mol. The Hall–Kier alpha value is -3.37. The average molecular weight is 634 g/mol. The van der Waals surface area contributed by atoms with Crippen molar-refractivity contribution >= 4 is 24.0 Å². The van der Waals surface area contributed by atoms with E-state index in [9.17, 15) is 14.4 Å². The maximum Gasteiger partial charge on any atom is 0.329 e. The van der Waals surface area contributed by atoms with Gasteiger partial charge >= 0.3 is 5.69 Å². The largest absolute Gasteiger partial charge is 0.358 e. The van der Waals surface area contributed by atoms with Crippen LogP contribution in [-0.4, -0.2) is 20.9 Å². The number of hydrogen-bond donors (Lipinski definition) is 1. The van der Waals surface area contributed by atoms with Crippen molar-refractivity contribution in [1.82, 2.24) is 14.5 Å². The number of hydrogen-bond acceptors (Lipinski definition) is 3. The molecule has 2 unspecified atom stereocenters. The van der Waals surface area contributed by atoms with Gasteiger partial charge in [-0.25, -0.2) is 4.79 Å². The zero-order valence-electron chi connectivity index (χ0n) is 17.4. The summed E-state index contributed by atoms with van der Waals surface area (Å²) in [6, 6.07) is -0.645. The van der Waals surface area contributed by atoms with Crippen molar-refractivity contribution in [3.8, 4) is 0 Å². The van der Waals surface area contributed by atoms with Crippen LogP contribution in [-0.2, 0) is 16.6 Å². The van der Waals surface area contributed by atoms with Gasteiger partial charge in [0.05, 0.1) is 10.7 Å². The molecule has 2 atom stereocenters. The number of carbonyl (C=O) groups excluding carboxylic acids is 2. The number of piperidine rings is 1. The number of rotatable bonds is 2. The van der Waals surface area contributed by atoms with Crippen molar-refractivity contribution in [2.75, 3.05) is 0 Å². The fourth-order valence-corrected chi connectivity index (χ4v) is 3.78. The van der Waals surface area contributed by atoms with Crippen LogP contribution in [0.4, 0.5) is 0 Å². The predicted octanol–water partition coefficient (Wildman–Crippen LogP) is 1.19. The number of allylic oxidation sites excluding steroid dienone is 2. The van der Waals surface area contributed by atoms with Crippen molar-refractivity contribution in [1.29, 1.82) is 0 Å². The van der Waals surface area contributed by atoms with Gasteiger partial charge in [-0.2, -0.15) is 0 Å². The van der Waals surface area contributed by atoms with Crippen LogP contribution >= 0.6 is 0 Å². The Morgan fingerprint density at radius 2 is 1.82 bits per heavy atom. The van der Waals surface area contributed by atoms with Crippen LogP contribution in [0.1, 0.15) is 53.0 Å². The molecule has 1 aromatic heterocycles. The summed E-state index contributed by atoms with van der Waals surface area (Å²) in [6.45, 7) is 8.60. The summed E-state index contributed by atoms with van der Waals surface area (Å²) < 4.78 is 3.18. The van der Waals surface area contributed by atoms with E-state index in [1.165, 1.54) is 5.57 Å². The topological polar surface area (TPSA) is 73.1 Å². The minimum absolute atomic E-state index is 0. The molecule has 2 amide bonds. The van der Waals surface area contributed by atoms with Crippen LogP contribution in [0.2, 0.25) is 0 Å². The second-order valence-electron chi connectivity index (χ2n) is 8.01. The standard InChI is InChI=1S/C20H27N3O3.CH3.Lr/c1-12(2)20(4)10-13(3)6-7-14-16(11-20)22(5)19(26)23(14)15-8-9-17(24)21-18(15)25;;/h7,10-12,15H,6,8-9H2,1-5H3,(H,21,24,25);1H3;/q;-1;/b13-10+,14-7+,16-11+;;. The molecule has 0 saturated carbocycles. The van der Waals surface area contributed by atoms with E-state index in [0.717, 1.165) is 17.1 Å². The number of fused-ring (bicyclic) bond motifs is 1. The summed E-state index contributed by atoms with van der Waals surface area (Å²) in [7, 11) is 1.74. The molecule has 1 aromatic rings. The minimum atomic E-state index is -0.645. The molecule has 1 saturated heterocycles. The van der Waals surface area contributed by atoms with Crippen molar-refractivity contribution in [3.63, 3.8) is 0 Å².